The first-order valence-corrected chi connectivity index (χ1v) is 9.98. The Hall–Kier alpha value is -4.12. The van der Waals surface area contributed by atoms with E-state index in [1.165, 1.54) is 0 Å². The van der Waals surface area contributed by atoms with Crippen LogP contribution in [0.3, 0.4) is 0 Å². The number of amides is 1. The molecule has 0 radical (unpaired) electrons. The van der Waals surface area contributed by atoms with Gasteiger partial charge in [0.15, 0.2) is 5.78 Å². The lowest BCUT2D eigenvalue weighted by atomic mass is 9.98. The number of carbonyl (C=O) groups is 2. The molecule has 1 amide bonds. The molecule has 0 aliphatic rings. The molecule has 4 rings (SSSR count). The first kappa shape index (κ1) is 20.2. The predicted molar refractivity (Wildman–Crippen MR) is 121 cm³/mol. The number of nitrogens with one attached hydrogen (secondary N) is 1. The van der Waals surface area contributed by atoms with Gasteiger partial charge in [0, 0.05) is 25.2 Å². The van der Waals surface area contributed by atoms with E-state index in [9.17, 15) is 9.59 Å². The standard InChI is InChI=1S/C26H21N3O2/c1-27-26(31)23-15-14-21(25(29-23)22-9-5-6-16-28-22)17-24(30)20-12-10-19(11-13-20)18-7-3-2-4-8-18/h2-16H,17H2,1H3,(H,27,31). The fourth-order valence-electron chi connectivity index (χ4n) is 3.36. The molecule has 31 heavy (non-hydrogen) atoms. The number of aromatic nitrogens is 2. The molecule has 2 aromatic carbocycles. The smallest absolute Gasteiger partial charge is 0.269 e. The van der Waals surface area contributed by atoms with E-state index >= 15 is 0 Å². The maximum atomic E-state index is 13.0. The highest BCUT2D eigenvalue weighted by atomic mass is 16.1. The highest BCUT2D eigenvalue weighted by molar-refractivity contribution is 5.99. The number of rotatable bonds is 6. The van der Waals surface area contributed by atoms with Crippen molar-refractivity contribution in [1.29, 1.82) is 0 Å². The molecule has 0 bridgehead atoms. The Morgan fingerprint density at radius 1 is 0.806 bits per heavy atom. The van der Waals surface area contributed by atoms with Gasteiger partial charge in [-0.3, -0.25) is 14.6 Å². The summed E-state index contributed by atoms with van der Waals surface area (Å²) in [5.74, 6) is -0.308. The Kier molecular flexibility index (Phi) is 5.94. The molecular formula is C26H21N3O2. The molecule has 0 spiro atoms. The fraction of sp³-hybridized carbons (Fsp3) is 0.0769. The van der Waals surface area contributed by atoms with E-state index in [1.807, 2.05) is 72.8 Å². The summed E-state index contributed by atoms with van der Waals surface area (Å²) in [6.07, 6.45) is 1.83. The van der Waals surface area contributed by atoms with Crippen molar-refractivity contribution in [1.82, 2.24) is 15.3 Å². The number of pyridine rings is 2. The number of carbonyl (C=O) groups excluding carboxylic acids is 2. The van der Waals surface area contributed by atoms with Crippen LogP contribution in [0.15, 0.2) is 91.1 Å². The van der Waals surface area contributed by atoms with Crippen molar-refractivity contribution in [3.05, 3.63) is 108 Å². The zero-order valence-corrected chi connectivity index (χ0v) is 17.1. The molecule has 0 fully saturated rings. The molecular weight excluding hydrogens is 386 g/mol. The van der Waals surface area contributed by atoms with Crippen molar-refractivity contribution in [2.24, 2.45) is 0 Å². The highest BCUT2D eigenvalue weighted by Crippen LogP contribution is 2.23. The van der Waals surface area contributed by atoms with Gasteiger partial charge in [-0.15, -0.1) is 0 Å². The van der Waals surface area contributed by atoms with Crippen LogP contribution in [-0.4, -0.2) is 28.7 Å². The molecule has 5 nitrogen and oxygen atoms in total. The van der Waals surface area contributed by atoms with Crippen LogP contribution in [0.4, 0.5) is 0 Å². The fourth-order valence-corrected chi connectivity index (χ4v) is 3.36. The van der Waals surface area contributed by atoms with E-state index in [-0.39, 0.29) is 23.8 Å². The van der Waals surface area contributed by atoms with Gasteiger partial charge in [0.05, 0.1) is 11.4 Å². The van der Waals surface area contributed by atoms with E-state index < -0.39 is 0 Å². The van der Waals surface area contributed by atoms with Crippen molar-refractivity contribution in [3.8, 4) is 22.5 Å². The zero-order valence-electron chi connectivity index (χ0n) is 17.1. The molecule has 0 aliphatic heterocycles. The van der Waals surface area contributed by atoms with Crippen molar-refractivity contribution in [2.45, 2.75) is 6.42 Å². The summed E-state index contributed by atoms with van der Waals surface area (Å²) in [6.45, 7) is 0. The highest BCUT2D eigenvalue weighted by Gasteiger charge is 2.16. The Bertz CT molecular complexity index is 1200. The number of nitrogens with zero attached hydrogens (tertiary/aromatic N) is 2. The summed E-state index contributed by atoms with van der Waals surface area (Å²) in [5, 5.41) is 2.58. The first-order valence-electron chi connectivity index (χ1n) is 9.98. The summed E-state index contributed by atoms with van der Waals surface area (Å²) in [4.78, 5) is 33.9. The summed E-state index contributed by atoms with van der Waals surface area (Å²) in [6, 6.07) is 26.5. The largest absolute Gasteiger partial charge is 0.354 e. The second-order valence-electron chi connectivity index (χ2n) is 7.04. The average Bonchev–Trinajstić information content (AvgIpc) is 2.85. The maximum absolute atomic E-state index is 13.0. The van der Waals surface area contributed by atoms with Crippen LogP contribution in [0.2, 0.25) is 0 Å². The molecule has 2 heterocycles. The van der Waals surface area contributed by atoms with Gasteiger partial charge in [-0.25, -0.2) is 4.98 Å². The Balaban J connectivity index is 1.62. The van der Waals surface area contributed by atoms with Crippen LogP contribution in [0, 0.1) is 0 Å². The van der Waals surface area contributed by atoms with E-state index in [2.05, 4.69) is 15.3 Å². The lowest BCUT2D eigenvalue weighted by Gasteiger charge is -2.10. The maximum Gasteiger partial charge on any atom is 0.269 e. The zero-order chi connectivity index (χ0) is 21.6. The lowest BCUT2D eigenvalue weighted by molar-refractivity contribution is 0.0957. The number of hydrogen-bond donors (Lipinski definition) is 1. The van der Waals surface area contributed by atoms with Crippen LogP contribution in [0.25, 0.3) is 22.5 Å². The van der Waals surface area contributed by atoms with Crippen LogP contribution >= 0.6 is 0 Å². The molecule has 0 saturated carbocycles. The van der Waals surface area contributed by atoms with Gasteiger partial charge in [0.25, 0.3) is 5.91 Å². The van der Waals surface area contributed by atoms with Crippen LogP contribution < -0.4 is 5.32 Å². The van der Waals surface area contributed by atoms with Crippen molar-refractivity contribution in [2.75, 3.05) is 7.05 Å². The minimum absolute atomic E-state index is 0.0220. The number of hydrogen-bond acceptors (Lipinski definition) is 4. The number of benzene rings is 2. The molecule has 152 valence electrons. The number of Topliss-reactive ketones (excluding diaryl/α,β-unsaturated/α-hetero) is 1. The van der Waals surface area contributed by atoms with Gasteiger partial charge in [-0.1, -0.05) is 66.7 Å². The van der Waals surface area contributed by atoms with Gasteiger partial charge in [0.1, 0.15) is 5.69 Å². The topological polar surface area (TPSA) is 72.0 Å². The van der Waals surface area contributed by atoms with Gasteiger partial charge >= 0.3 is 0 Å². The monoisotopic (exact) mass is 407 g/mol. The molecule has 5 heteroatoms. The van der Waals surface area contributed by atoms with Gasteiger partial charge in [-0.2, -0.15) is 0 Å². The Morgan fingerprint density at radius 2 is 1.52 bits per heavy atom. The van der Waals surface area contributed by atoms with E-state index in [0.29, 0.717) is 17.0 Å². The Morgan fingerprint density at radius 3 is 2.19 bits per heavy atom. The average molecular weight is 407 g/mol. The van der Waals surface area contributed by atoms with Crippen LogP contribution in [0.5, 0.6) is 0 Å². The second-order valence-corrected chi connectivity index (χ2v) is 7.04. The minimum Gasteiger partial charge on any atom is -0.354 e. The third kappa shape index (κ3) is 4.56. The molecule has 0 saturated heterocycles. The molecule has 1 N–H and O–H groups in total. The summed E-state index contributed by atoms with van der Waals surface area (Å²) >= 11 is 0. The lowest BCUT2D eigenvalue weighted by Crippen LogP contribution is -2.20. The summed E-state index contributed by atoms with van der Waals surface area (Å²) in [5.41, 5.74) is 4.96. The van der Waals surface area contributed by atoms with Crippen LogP contribution in [-0.2, 0) is 6.42 Å². The molecule has 0 unspecified atom stereocenters. The van der Waals surface area contributed by atoms with E-state index in [0.717, 1.165) is 16.7 Å². The third-order valence-electron chi connectivity index (χ3n) is 5.01. The summed E-state index contributed by atoms with van der Waals surface area (Å²) < 4.78 is 0. The van der Waals surface area contributed by atoms with Crippen LogP contribution in [0.1, 0.15) is 26.4 Å². The van der Waals surface area contributed by atoms with Crippen molar-refractivity contribution >= 4 is 11.7 Å². The van der Waals surface area contributed by atoms with E-state index in [1.54, 1.807) is 25.4 Å². The van der Waals surface area contributed by atoms with Crippen molar-refractivity contribution in [3.63, 3.8) is 0 Å². The van der Waals surface area contributed by atoms with Gasteiger partial charge in [0.2, 0.25) is 0 Å². The van der Waals surface area contributed by atoms with E-state index in [4.69, 9.17) is 0 Å². The molecule has 2 aromatic heterocycles. The van der Waals surface area contributed by atoms with Gasteiger partial charge in [-0.05, 0) is 34.9 Å². The normalized spacial score (nSPS) is 10.5. The summed E-state index contributed by atoms with van der Waals surface area (Å²) in [7, 11) is 1.56. The predicted octanol–water partition coefficient (Wildman–Crippen LogP) is 4.60. The third-order valence-corrected chi connectivity index (χ3v) is 5.01. The second kappa shape index (κ2) is 9.13. The minimum atomic E-state index is -0.286. The quantitative estimate of drug-likeness (QED) is 0.474. The SMILES string of the molecule is CNC(=O)c1ccc(CC(=O)c2ccc(-c3ccccc3)cc2)c(-c2ccccn2)n1. The Labute approximate surface area is 180 Å². The van der Waals surface area contributed by atoms with Crippen molar-refractivity contribution < 1.29 is 9.59 Å². The number of ketones is 1. The molecule has 0 atom stereocenters. The van der Waals surface area contributed by atoms with Gasteiger partial charge < -0.3 is 5.32 Å². The molecule has 4 aromatic rings. The molecule has 0 aliphatic carbocycles. The first-order chi connectivity index (χ1) is 15.2.